The van der Waals surface area contributed by atoms with E-state index in [2.05, 4.69) is 5.32 Å². The van der Waals surface area contributed by atoms with Gasteiger partial charge in [-0.3, -0.25) is 0 Å². The Hall–Kier alpha value is -0.900. The van der Waals surface area contributed by atoms with Gasteiger partial charge in [0.15, 0.2) is 0 Å². The molecule has 0 saturated heterocycles. The van der Waals surface area contributed by atoms with Gasteiger partial charge in [0.25, 0.3) is 0 Å². The summed E-state index contributed by atoms with van der Waals surface area (Å²) in [6.45, 7) is 2.00. The average molecular weight is 195 g/mol. The molecule has 1 aromatic carbocycles. The van der Waals surface area contributed by atoms with Crippen LogP contribution in [-0.2, 0) is 4.74 Å². The third-order valence-electron chi connectivity index (χ3n) is 2.00. The lowest BCUT2D eigenvalue weighted by Crippen LogP contribution is -2.24. The zero-order valence-corrected chi connectivity index (χ0v) is 8.44. The Balaban J connectivity index is 2.25. The van der Waals surface area contributed by atoms with Crippen LogP contribution >= 0.6 is 0 Å². The van der Waals surface area contributed by atoms with E-state index in [-0.39, 0.29) is 0 Å². The largest absolute Gasteiger partial charge is 0.387 e. The maximum atomic E-state index is 9.72. The molecule has 0 amide bonds. The molecule has 0 fully saturated rings. The Morgan fingerprint density at radius 1 is 1.36 bits per heavy atom. The van der Waals surface area contributed by atoms with Gasteiger partial charge in [0.2, 0.25) is 0 Å². The van der Waals surface area contributed by atoms with Crippen molar-refractivity contribution in [3.63, 3.8) is 0 Å². The maximum absolute atomic E-state index is 9.72. The van der Waals surface area contributed by atoms with E-state index in [9.17, 15) is 5.11 Å². The Labute approximate surface area is 84.7 Å². The van der Waals surface area contributed by atoms with Crippen LogP contribution < -0.4 is 5.32 Å². The van der Waals surface area contributed by atoms with Crippen LogP contribution in [0.2, 0.25) is 0 Å². The lowest BCUT2D eigenvalue weighted by Gasteiger charge is -2.11. The minimum absolute atomic E-state index is 0.437. The fourth-order valence-electron chi connectivity index (χ4n) is 1.21. The van der Waals surface area contributed by atoms with Crippen molar-refractivity contribution in [2.24, 2.45) is 0 Å². The second-order valence-corrected chi connectivity index (χ2v) is 3.12. The predicted octanol–water partition coefficient (Wildman–Crippen LogP) is 0.956. The first-order valence-electron chi connectivity index (χ1n) is 4.77. The standard InChI is InChI=1S/C11H17NO2/c1-14-8-7-12-9-11(13)10-5-3-2-4-6-10/h2-6,11-13H,7-9H2,1H3. The molecule has 0 aromatic heterocycles. The lowest BCUT2D eigenvalue weighted by molar-refractivity contribution is 0.161. The molecule has 0 saturated carbocycles. The zero-order valence-electron chi connectivity index (χ0n) is 8.44. The van der Waals surface area contributed by atoms with Crippen molar-refractivity contribution in [2.45, 2.75) is 6.10 Å². The highest BCUT2D eigenvalue weighted by Crippen LogP contribution is 2.09. The molecule has 2 N–H and O–H groups in total. The van der Waals surface area contributed by atoms with Gasteiger partial charge in [-0.05, 0) is 5.56 Å². The molecule has 78 valence electrons. The van der Waals surface area contributed by atoms with Crippen molar-refractivity contribution in [3.05, 3.63) is 35.9 Å². The van der Waals surface area contributed by atoms with Crippen LogP contribution in [0.15, 0.2) is 30.3 Å². The summed E-state index contributed by atoms with van der Waals surface area (Å²) in [7, 11) is 1.66. The summed E-state index contributed by atoms with van der Waals surface area (Å²) >= 11 is 0. The summed E-state index contributed by atoms with van der Waals surface area (Å²) in [5.74, 6) is 0. The molecule has 0 aliphatic rings. The Morgan fingerprint density at radius 2 is 2.07 bits per heavy atom. The van der Waals surface area contributed by atoms with Crippen LogP contribution in [0.4, 0.5) is 0 Å². The van der Waals surface area contributed by atoms with Gasteiger partial charge in [-0.2, -0.15) is 0 Å². The number of methoxy groups -OCH3 is 1. The molecular formula is C11H17NO2. The summed E-state index contributed by atoms with van der Waals surface area (Å²) in [5, 5.41) is 12.8. The first-order chi connectivity index (χ1) is 6.84. The quantitative estimate of drug-likeness (QED) is 0.664. The predicted molar refractivity (Wildman–Crippen MR) is 56.1 cm³/mol. The number of rotatable bonds is 6. The van der Waals surface area contributed by atoms with Crippen molar-refractivity contribution < 1.29 is 9.84 Å². The molecule has 3 nitrogen and oxygen atoms in total. The molecule has 0 aliphatic carbocycles. The molecule has 0 spiro atoms. The molecule has 3 heteroatoms. The average Bonchev–Trinajstić information content (AvgIpc) is 2.25. The number of benzene rings is 1. The number of aliphatic hydroxyl groups is 1. The second kappa shape index (κ2) is 6.54. The van der Waals surface area contributed by atoms with Crippen LogP contribution in [0.5, 0.6) is 0 Å². The highest BCUT2D eigenvalue weighted by molar-refractivity contribution is 5.17. The van der Waals surface area contributed by atoms with E-state index in [4.69, 9.17) is 4.74 Å². The molecule has 1 aromatic rings. The van der Waals surface area contributed by atoms with Crippen LogP contribution in [0.3, 0.4) is 0 Å². The van der Waals surface area contributed by atoms with E-state index in [1.165, 1.54) is 0 Å². The first kappa shape index (κ1) is 11.2. The van der Waals surface area contributed by atoms with Gasteiger partial charge in [-0.25, -0.2) is 0 Å². The summed E-state index contributed by atoms with van der Waals surface area (Å²) < 4.78 is 4.89. The zero-order chi connectivity index (χ0) is 10.2. The van der Waals surface area contributed by atoms with Gasteiger partial charge in [0.05, 0.1) is 12.7 Å². The number of ether oxygens (including phenoxy) is 1. The smallest absolute Gasteiger partial charge is 0.0914 e. The van der Waals surface area contributed by atoms with Crippen molar-refractivity contribution in [3.8, 4) is 0 Å². The third kappa shape index (κ3) is 3.87. The molecule has 0 aliphatic heterocycles. The van der Waals surface area contributed by atoms with Gasteiger partial charge in [-0.1, -0.05) is 30.3 Å². The molecule has 1 rings (SSSR count). The fraction of sp³-hybridized carbons (Fsp3) is 0.455. The van der Waals surface area contributed by atoms with Crippen LogP contribution in [-0.4, -0.2) is 31.9 Å². The Kier molecular flexibility index (Phi) is 5.22. The van der Waals surface area contributed by atoms with Gasteiger partial charge in [-0.15, -0.1) is 0 Å². The molecule has 1 unspecified atom stereocenters. The van der Waals surface area contributed by atoms with E-state index >= 15 is 0 Å². The second-order valence-electron chi connectivity index (χ2n) is 3.12. The highest BCUT2D eigenvalue weighted by atomic mass is 16.5. The van der Waals surface area contributed by atoms with Crippen LogP contribution in [0.25, 0.3) is 0 Å². The van der Waals surface area contributed by atoms with E-state index < -0.39 is 6.10 Å². The molecule has 0 radical (unpaired) electrons. The normalized spacial score (nSPS) is 12.7. The van der Waals surface area contributed by atoms with E-state index in [1.807, 2.05) is 30.3 Å². The summed E-state index contributed by atoms with van der Waals surface area (Å²) in [4.78, 5) is 0. The fourth-order valence-corrected chi connectivity index (χ4v) is 1.21. The number of hydrogen-bond acceptors (Lipinski definition) is 3. The van der Waals surface area contributed by atoms with Crippen molar-refractivity contribution in [1.82, 2.24) is 5.32 Å². The molecule has 14 heavy (non-hydrogen) atoms. The van der Waals surface area contributed by atoms with E-state index in [1.54, 1.807) is 7.11 Å². The molecule has 1 atom stereocenters. The van der Waals surface area contributed by atoms with E-state index in [0.717, 1.165) is 12.1 Å². The van der Waals surface area contributed by atoms with Gasteiger partial charge in [0, 0.05) is 20.2 Å². The SMILES string of the molecule is COCCNCC(O)c1ccccc1. The lowest BCUT2D eigenvalue weighted by atomic mass is 10.1. The number of hydrogen-bond donors (Lipinski definition) is 2. The summed E-state index contributed by atoms with van der Waals surface area (Å²) in [5.41, 5.74) is 0.942. The van der Waals surface area contributed by atoms with E-state index in [0.29, 0.717) is 13.2 Å². The Bertz CT molecular complexity index is 238. The third-order valence-corrected chi connectivity index (χ3v) is 2.00. The van der Waals surface area contributed by atoms with Crippen LogP contribution in [0.1, 0.15) is 11.7 Å². The highest BCUT2D eigenvalue weighted by Gasteiger charge is 2.04. The van der Waals surface area contributed by atoms with Gasteiger partial charge >= 0.3 is 0 Å². The minimum atomic E-state index is -0.437. The maximum Gasteiger partial charge on any atom is 0.0914 e. The summed E-state index contributed by atoms with van der Waals surface area (Å²) in [6.07, 6.45) is -0.437. The molecule has 0 bridgehead atoms. The van der Waals surface area contributed by atoms with Crippen molar-refractivity contribution in [1.29, 1.82) is 0 Å². The number of aliphatic hydroxyl groups excluding tert-OH is 1. The van der Waals surface area contributed by atoms with Crippen molar-refractivity contribution >= 4 is 0 Å². The molecule has 0 heterocycles. The number of nitrogens with one attached hydrogen (secondary N) is 1. The summed E-state index contributed by atoms with van der Waals surface area (Å²) in [6, 6.07) is 9.63. The topological polar surface area (TPSA) is 41.5 Å². The van der Waals surface area contributed by atoms with Gasteiger partial charge < -0.3 is 15.2 Å². The van der Waals surface area contributed by atoms with Crippen LogP contribution in [0, 0.1) is 0 Å². The minimum Gasteiger partial charge on any atom is -0.387 e. The Morgan fingerprint density at radius 3 is 2.71 bits per heavy atom. The van der Waals surface area contributed by atoms with Gasteiger partial charge in [0.1, 0.15) is 0 Å². The first-order valence-corrected chi connectivity index (χ1v) is 4.77. The molecular weight excluding hydrogens is 178 g/mol. The van der Waals surface area contributed by atoms with Crippen molar-refractivity contribution in [2.75, 3.05) is 26.8 Å². The monoisotopic (exact) mass is 195 g/mol.